The minimum Gasteiger partial charge on any atom is -0.384 e. The van der Waals surface area contributed by atoms with Crippen LogP contribution in [0.2, 0.25) is 0 Å². The van der Waals surface area contributed by atoms with Gasteiger partial charge in [-0.1, -0.05) is 24.3 Å². The lowest BCUT2D eigenvalue weighted by molar-refractivity contribution is 1.14. The average molecular weight is 300 g/mol. The SMILES string of the molecule is Nc1c(-c2nc3ccccc3[nH]2)cnc2nc3ccccc3n12. The second-order valence-corrected chi connectivity index (χ2v) is 5.40. The molecule has 3 heterocycles. The molecule has 23 heavy (non-hydrogen) atoms. The van der Waals surface area contributed by atoms with Crippen molar-refractivity contribution in [3.8, 4) is 11.4 Å². The van der Waals surface area contributed by atoms with Crippen LogP contribution in [0, 0.1) is 0 Å². The van der Waals surface area contributed by atoms with E-state index < -0.39 is 0 Å². The molecule has 0 radical (unpaired) electrons. The molecular formula is C17H12N6. The number of nitrogen functional groups attached to an aromatic ring is 1. The number of hydrogen-bond acceptors (Lipinski definition) is 4. The predicted molar refractivity (Wildman–Crippen MR) is 90.0 cm³/mol. The van der Waals surface area contributed by atoms with Gasteiger partial charge in [0.1, 0.15) is 11.6 Å². The van der Waals surface area contributed by atoms with Gasteiger partial charge in [0.2, 0.25) is 5.78 Å². The Labute approximate surface area is 130 Å². The highest BCUT2D eigenvalue weighted by atomic mass is 15.1. The van der Waals surface area contributed by atoms with Crippen LogP contribution < -0.4 is 5.73 Å². The monoisotopic (exact) mass is 300 g/mol. The summed E-state index contributed by atoms with van der Waals surface area (Å²) in [6.45, 7) is 0. The zero-order valence-corrected chi connectivity index (χ0v) is 12.1. The van der Waals surface area contributed by atoms with E-state index in [1.165, 1.54) is 0 Å². The maximum atomic E-state index is 6.41. The molecule has 0 aliphatic heterocycles. The number of nitrogens with two attached hydrogens (primary N) is 1. The molecule has 0 spiro atoms. The van der Waals surface area contributed by atoms with Gasteiger partial charge in [0.05, 0.1) is 27.6 Å². The molecule has 0 saturated carbocycles. The van der Waals surface area contributed by atoms with Gasteiger partial charge >= 0.3 is 0 Å². The molecule has 0 fully saturated rings. The number of hydrogen-bond donors (Lipinski definition) is 2. The summed E-state index contributed by atoms with van der Waals surface area (Å²) in [5, 5.41) is 0. The molecule has 2 aromatic carbocycles. The van der Waals surface area contributed by atoms with Crippen LogP contribution in [-0.4, -0.2) is 24.3 Å². The number of para-hydroxylation sites is 4. The summed E-state index contributed by atoms with van der Waals surface area (Å²) in [6, 6.07) is 15.7. The zero-order chi connectivity index (χ0) is 15.4. The van der Waals surface area contributed by atoms with Crippen molar-refractivity contribution in [2.24, 2.45) is 0 Å². The van der Waals surface area contributed by atoms with Crippen LogP contribution in [0.15, 0.2) is 54.7 Å². The summed E-state index contributed by atoms with van der Waals surface area (Å²) < 4.78 is 1.86. The Kier molecular flexibility index (Phi) is 2.27. The van der Waals surface area contributed by atoms with Gasteiger partial charge in [-0.25, -0.2) is 15.0 Å². The molecule has 6 nitrogen and oxygen atoms in total. The lowest BCUT2D eigenvalue weighted by atomic mass is 10.3. The van der Waals surface area contributed by atoms with Crippen molar-refractivity contribution in [2.45, 2.75) is 0 Å². The Bertz CT molecular complexity index is 1150. The molecule has 3 N–H and O–H groups in total. The first-order valence-electron chi connectivity index (χ1n) is 7.28. The number of fused-ring (bicyclic) bond motifs is 4. The van der Waals surface area contributed by atoms with E-state index in [9.17, 15) is 0 Å². The van der Waals surface area contributed by atoms with Crippen molar-refractivity contribution in [3.63, 3.8) is 0 Å². The molecule has 0 saturated heterocycles. The molecule has 5 aromatic rings. The van der Waals surface area contributed by atoms with Gasteiger partial charge in [0.25, 0.3) is 0 Å². The fourth-order valence-electron chi connectivity index (χ4n) is 2.91. The maximum Gasteiger partial charge on any atom is 0.236 e. The number of aromatic amines is 1. The number of nitrogens with one attached hydrogen (secondary N) is 1. The Morgan fingerprint density at radius 2 is 1.70 bits per heavy atom. The first kappa shape index (κ1) is 12.2. The quantitative estimate of drug-likeness (QED) is 0.498. The van der Waals surface area contributed by atoms with Crippen LogP contribution >= 0.6 is 0 Å². The van der Waals surface area contributed by atoms with E-state index in [2.05, 4.69) is 19.9 Å². The summed E-state index contributed by atoms with van der Waals surface area (Å²) in [7, 11) is 0. The van der Waals surface area contributed by atoms with Gasteiger partial charge in [-0.05, 0) is 24.3 Å². The number of benzene rings is 2. The fourth-order valence-corrected chi connectivity index (χ4v) is 2.91. The normalized spacial score (nSPS) is 11.7. The Hall–Kier alpha value is -3.41. The van der Waals surface area contributed by atoms with Crippen molar-refractivity contribution in [1.82, 2.24) is 24.3 Å². The minimum absolute atomic E-state index is 0.572. The van der Waals surface area contributed by atoms with Crippen LogP contribution in [0.1, 0.15) is 0 Å². The zero-order valence-electron chi connectivity index (χ0n) is 12.1. The van der Waals surface area contributed by atoms with E-state index in [0.29, 0.717) is 17.4 Å². The minimum atomic E-state index is 0.572. The Morgan fingerprint density at radius 3 is 2.57 bits per heavy atom. The van der Waals surface area contributed by atoms with Crippen molar-refractivity contribution in [2.75, 3.05) is 5.73 Å². The highest BCUT2D eigenvalue weighted by Crippen LogP contribution is 2.28. The lowest BCUT2D eigenvalue weighted by Gasteiger charge is -2.05. The van der Waals surface area contributed by atoms with Crippen LogP contribution in [0.25, 0.3) is 39.2 Å². The third-order valence-corrected chi connectivity index (χ3v) is 4.01. The molecule has 3 aromatic heterocycles. The van der Waals surface area contributed by atoms with Crippen LogP contribution in [0.4, 0.5) is 5.82 Å². The van der Waals surface area contributed by atoms with E-state index >= 15 is 0 Å². The van der Waals surface area contributed by atoms with Crippen molar-refractivity contribution in [1.29, 1.82) is 0 Å². The average Bonchev–Trinajstić information content (AvgIpc) is 3.16. The van der Waals surface area contributed by atoms with Crippen LogP contribution in [0.3, 0.4) is 0 Å². The van der Waals surface area contributed by atoms with Gasteiger partial charge in [-0.15, -0.1) is 0 Å². The molecule has 0 bridgehead atoms. The number of rotatable bonds is 1. The maximum absolute atomic E-state index is 6.41. The second kappa shape index (κ2) is 4.30. The Morgan fingerprint density at radius 1 is 0.913 bits per heavy atom. The third-order valence-electron chi connectivity index (χ3n) is 4.01. The highest BCUT2D eigenvalue weighted by molar-refractivity contribution is 5.86. The lowest BCUT2D eigenvalue weighted by Crippen LogP contribution is -2.02. The van der Waals surface area contributed by atoms with E-state index in [1.807, 2.05) is 52.9 Å². The number of aromatic nitrogens is 5. The summed E-state index contributed by atoms with van der Waals surface area (Å²) in [4.78, 5) is 16.8. The topological polar surface area (TPSA) is 84.9 Å². The second-order valence-electron chi connectivity index (χ2n) is 5.40. The highest BCUT2D eigenvalue weighted by Gasteiger charge is 2.14. The van der Waals surface area contributed by atoms with E-state index in [1.54, 1.807) is 6.20 Å². The summed E-state index contributed by atoms with van der Waals surface area (Å²) in [5.74, 6) is 1.86. The van der Waals surface area contributed by atoms with Crippen LogP contribution in [0.5, 0.6) is 0 Å². The first-order valence-corrected chi connectivity index (χ1v) is 7.28. The predicted octanol–water partition coefficient (Wildman–Crippen LogP) is 3.01. The molecule has 5 rings (SSSR count). The molecule has 0 atom stereocenters. The van der Waals surface area contributed by atoms with Crippen LogP contribution in [-0.2, 0) is 0 Å². The molecule has 0 aliphatic rings. The first-order chi connectivity index (χ1) is 11.3. The summed E-state index contributed by atoms with van der Waals surface area (Å²) in [6.07, 6.45) is 1.72. The van der Waals surface area contributed by atoms with Gasteiger partial charge in [0.15, 0.2) is 0 Å². The largest absolute Gasteiger partial charge is 0.384 e. The molecule has 0 amide bonds. The van der Waals surface area contributed by atoms with Crippen molar-refractivity contribution in [3.05, 3.63) is 54.7 Å². The van der Waals surface area contributed by atoms with E-state index in [0.717, 1.165) is 27.6 Å². The van der Waals surface area contributed by atoms with Crippen molar-refractivity contribution >= 4 is 33.7 Å². The standard InChI is InChI=1S/C17H12N6/c18-15-10(16-20-11-5-1-2-6-12(11)21-16)9-19-17-22-13-7-3-4-8-14(13)23(15)17/h1-9H,18H2,(H,20,21). The fraction of sp³-hybridized carbons (Fsp3) is 0. The molecule has 0 aliphatic carbocycles. The molecule has 0 unspecified atom stereocenters. The number of H-pyrrole nitrogens is 1. The van der Waals surface area contributed by atoms with E-state index in [-0.39, 0.29) is 0 Å². The van der Waals surface area contributed by atoms with E-state index in [4.69, 9.17) is 5.73 Å². The molecule has 110 valence electrons. The number of anilines is 1. The van der Waals surface area contributed by atoms with Gasteiger partial charge < -0.3 is 10.7 Å². The van der Waals surface area contributed by atoms with Gasteiger partial charge in [-0.2, -0.15) is 0 Å². The smallest absolute Gasteiger partial charge is 0.236 e. The summed E-state index contributed by atoms with van der Waals surface area (Å²) >= 11 is 0. The molecule has 6 heteroatoms. The van der Waals surface area contributed by atoms with Gasteiger partial charge in [-0.3, -0.25) is 4.40 Å². The number of imidazole rings is 2. The number of nitrogens with zero attached hydrogens (tertiary/aromatic N) is 4. The summed E-state index contributed by atoms with van der Waals surface area (Å²) in [5.41, 5.74) is 10.8. The third kappa shape index (κ3) is 1.66. The van der Waals surface area contributed by atoms with Gasteiger partial charge in [0, 0.05) is 6.20 Å². The Balaban J connectivity index is 1.84. The van der Waals surface area contributed by atoms with Crippen molar-refractivity contribution < 1.29 is 0 Å². The molecular weight excluding hydrogens is 288 g/mol.